The lowest BCUT2D eigenvalue weighted by Gasteiger charge is -2.04. The maximum absolute atomic E-state index is 11.5. The molecule has 0 saturated carbocycles. The number of nitrogens with two attached hydrogens (primary N) is 1. The Morgan fingerprint density at radius 1 is 1.52 bits per heavy atom. The maximum atomic E-state index is 11.5. The summed E-state index contributed by atoms with van der Waals surface area (Å²) in [5.74, 6) is -0.228. The molecular formula is C14H17Cl2N3OS. The predicted octanol–water partition coefficient (Wildman–Crippen LogP) is 3.40. The minimum absolute atomic E-state index is 0. The van der Waals surface area contributed by atoms with Crippen molar-refractivity contribution >= 4 is 46.4 Å². The molecule has 2 aromatic rings. The molecule has 0 unspecified atom stereocenters. The molecule has 0 aliphatic rings. The summed E-state index contributed by atoms with van der Waals surface area (Å²) in [4.78, 5) is 16.8. The van der Waals surface area contributed by atoms with Crippen LogP contribution in [0.4, 0.5) is 5.13 Å². The number of rotatable bonds is 4. The zero-order valence-corrected chi connectivity index (χ0v) is 14.1. The van der Waals surface area contributed by atoms with E-state index in [9.17, 15) is 4.79 Å². The van der Waals surface area contributed by atoms with Gasteiger partial charge in [-0.2, -0.15) is 0 Å². The first-order chi connectivity index (χ1) is 9.45. The van der Waals surface area contributed by atoms with Crippen molar-refractivity contribution in [3.05, 3.63) is 45.4 Å². The Hall–Kier alpha value is -1.14. The second kappa shape index (κ2) is 7.75. The SMILES string of the molecule is Cc1cc(Cl)ccc1Cc1cnc(NC(=O)[C@H](C)N)s1.Cl. The van der Waals surface area contributed by atoms with Gasteiger partial charge in [0.05, 0.1) is 6.04 Å². The zero-order valence-electron chi connectivity index (χ0n) is 11.7. The van der Waals surface area contributed by atoms with Crippen LogP contribution >= 0.6 is 35.3 Å². The van der Waals surface area contributed by atoms with E-state index in [1.165, 1.54) is 16.9 Å². The molecule has 1 amide bonds. The first-order valence-electron chi connectivity index (χ1n) is 6.22. The molecule has 4 nitrogen and oxygen atoms in total. The number of carbonyl (C=O) groups excluding carboxylic acids is 1. The summed E-state index contributed by atoms with van der Waals surface area (Å²) < 4.78 is 0. The minimum Gasteiger partial charge on any atom is -0.320 e. The number of anilines is 1. The molecule has 1 aromatic carbocycles. The van der Waals surface area contributed by atoms with Crippen LogP contribution in [-0.4, -0.2) is 16.9 Å². The number of amides is 1. The van der Waals surface area contributed by atoms with Crippen LogP contribution in [0.25, 0.3) is 0 Å². The van der Waals surface area contributed by atoms with E-state index in [4.69, 9.17) is 17.3 Å². The zero-order chi connectivity index (χ0) is 14.7. The molecule has 21 heavy (non-hydrogen) atoms. The summed E-state index contributed by atoms with van der Waals surface area (Å²) in [6.07, 6.45) is 2.55. The molecule has 0 aliphatic heterocycles. The Labute approximate surface area is 139 Å². The normalized spacial score (nSPS) is 11.6. The molecule has 1 heterocycles. The van der Waals surface area contributed by atoms with Gasteiger partial charge in [0, 0.05) is 22.5 Å². The van der Waals surface area contributed by atoms with Gasteiger partial charge in [-0.15, -0.1) is 23.7 Å². The highest BCUT2D eigenvalue weighted by molar-refractivity contribution is 7.15. The number of hydrogen-bond acceptors (Lipinski definition) is 4. The van der Waals surface area contributed by atoms with Gasteiger partial charge in [-0.3, -0.25) is 4.79 Å². The van der Waals surface area contributed by atoms with Crippen molar-refractivity contribution < 1.29 is 4.79 Å². The number of hydrogen-bond donors (Lipinski definition) is 2. The fourth-order valence-electron chi connectivity index (χ4n) is 1.71. The average Bonchev–Trinajstić information content (AvgIpc) is 2.80. The molecule has 1 aromatic heterocycles. The van der Waals surface area contributed by atoms with Crippen molar-refractivity contribution in [2.45, 2.75) is 26.3 Å². The minimum atomic E-state index is -0.541. The van der Waals surface area contributed by atoms with Crippen molar-refractivity contribution in [3.63, 3.8) is 0 Å². The van der Waals surface area contributed by atoms with Gasteiger partial charge < -0.3 is 11.1 Å². The van der Waals surface area contributed by atoms with Crippen molar-refractivity contribution in [1.29, 1.82) is 0 Å². The van der Waals surface area contributed by atoms with E-state index in [1.54, 1.807) is 13.1 Å². The van der Waals surface area contributed by atoms with Crippen molar-refractivity contribution in [2.24, 2.45) is 5.73 Å². The fourth-order valence-corrected chi connectivity index (χ4v) is 2.78. The van der Waals surface area contributed by atoms with Gasteiger partial charge in [0.15, 0.2) is 5.13 Å². The molecular weight excluding hydrogens is 329 g/mol. The Bertz CT molecular complexity index is 628. The number of halogens is 2. The molecule has 2 rings (SSSR count). The first kappa shape index (κ1) is 17.9. The lowest BCUT2D eigenvalue weighted by molar-refractivity contribution is -0.117. The first-order valence-corrected chi connectivity index (χ1v) is 7.41. The molecule has 0 radical (unpaired) electrons. The van der Waals surface area contributed by atoms with E-state index in [-0.39, 0.29) is 18.3 Å². The van der Waals surface area contributed by atoms with Crippen LogP contribution in [0.5, 0.6) is 0 Å². The lowest BCUT2D eigenvalue weighted by Crippen LogP contribution is -2.32. The summed E-state index contributed by atoms with van der Waals surface area (Å²) in [6.45, 7) is 3.67. The molecule has 114 valence electrons. The molecule has 0 spiro atoms. The average molecular weight is 346 g/mol. The maximum Gasteiger partial charge on any atom is 0.242 e. The third-order valence-corrected chi connectivity index (χ3v) is 4.01. The molecule has 0 bridgehead atoms. The Kier molecular flexibility index (Phi) is 6.61. The van der Waals surface area contributed by atoms with Gasteiger partial charge in [-0.1, -0.05) is 17.7 Å². The van der Waals surface area contributed by atoms with Crippen LogP contribution in [0.1, 0.15) is 22.9 Å². The monoisotopic (exact) mass is 345 g/mol. The van der Waals surface area contributed by atoms with Gasteiger partial charge in [0.1, 0.15) is 0 Å². The van der Waals surface area contributed by atoms with Crippen LogP contribution in [-0.2, 0) is 11.2 Å². The summed E-state index contributed by atoms with van der Waals surface area (Å²) in [7, 11) is 0. The largest absolute Gasteiger partial charge is 0.320 e. The number of nitrogens with one attached hydrogen (secondary N) is 1. The van der Waals surface area contributed by atoms with Gasteiger partial charge in [-0.05, 0) is 37.1 Å². The quantitative estimate of drug-likeness (QED) is 0.892. The van der Waals surface area contributed by atoms with E-state index in [0.717, 1.165) is 21.9 Å². The highest BCUT2D eigenvalue weighted by Gasteiger charge is 2.11. The van der Waals surface area contributed by atoms with Gasteiger partial charge in [0.2, 0.25) is 5.91 Å². The Morgan fingerprint density at radius 3 is 2.86 bits per heavy atom. The van der Waals surface area contributed by atoms with E-state index in [1.807, 2.05) is 25.1 Å². The van der Waals surface area contributed by atoms with E-state index in [2.05, 4.69) is 10.3 Å². The summed E-state index contributed by atoms with van der Waals surface area (Å²) >= 11 is 7.40. The van der Waals surface area contributed by atoms with Gasteiger partial charge in [0.25, 0.3) is 0 Å². The number of benzene rings is 1. The van der Waals surface area contributed by atoms with Gasteiger partial charge >= 0.3 is 0 Å². The molecule has 1 atom stereocenters. The fraction of sp³-hybridized carbons (Fsp3) is 0.286. The van der Waals surface area contributed by atoms with E-state index in [0.29, 0.717) is 5.13 Å². The molecule has 7 heteroatoms. The van der Waals surface area contributed by atoms with Crippen molar-refractivity contribution in [1.82, 2.24) is 4.98 Å². The Balaban J connectivity index is 0.00000220. The lowest BCUT2D eigenvalue weighted by atomic mass is 10.1. The van der Waals surface area contributed by atoms with Crippen LogP contribution in [0, 0.1) is 6.92 Å². The second-order valence-corrected chi connectivity index (χ2v) is 6.21. The summed E-state index contributed by atoms with van der Waals surface area (Å²) in [5, 5.41) is 4.01. The molecule has 0 fully saturated rings. The number of aryl methyl sites for hydroxylation is 1. The van der Waals surface area contributed by atoms with Crippen LogP contribution in [0.2, 0.25) is 5.02 Å². The number of aromatic nitrogens is 1. The summed E-state index contributed by atoms with van der Waals surface area (Å²) in [5.41, 5.74) is 7.84. The van der Waals surface area contributed by atoms with Crippen molar-refractivity contribution in [2.75, 3.05) is 5.32 Å². The highest BCUT2D eigenvalue weighted by Crippen LogP contribution is 2.24. The van der Waals surface area contributed by atoms with Crippen LogP contribution in [0.3, 0.4) is 0 Å². The topological polar surface area (TPSA) is 68.0 Å². The van der Waals surface area contributed by atoms with Crippen LogP contribution < -0.4 is 11.1 Å². The predicted molar refractivity (Wildman–Crippen MR) is 90.6 cm³/mol. The molecule has 3 N–H and O–H groups in total. The smallest absolute Gasteiger partial charge is 0.242 e. The Morgan fingerprint density at radius 2 is 2.24 bits per heavy atom. The second-order valence-electron chi connectivity index (χ2n) is 4.66. The number of thiazole rings is 1. The van der Waals surface area contributed by atoms with Gasteiger partial charge in [-0.25, -0.2) is 4.98 Å². The number of carbonyl (C=O) groups is 1. The van der Waals surface area contributed by atoms with E-state index < -0.39 is 6.04 Å². The number of nitrogens with zero attached hydrogens (tertiary/aromatic N) is 1. The third-order valence-electron chi connectivity index (χ3n) is 2.87. The third kappa shape index (κ3) is 4.97. The van der Waals surface area contributed by atoms with E-state index >= 15 is 0 Å². The molecule has 0 saturated heterocycles. The standard InChI is InChI=1S/C14H16ClN3OS.ClH/c1-8-5-11(15)4-3-10(8)6-12-7-17-14(20-12)18-13(19)9(2)16;/h3-5,7,9H,6,16H2,1-2H3,(H,17,18,19);1H/t9-;/m0./s1. The van der Waals surface area contributed by atoms with Crippen LogP contribution in [0.15, 0.2) is 24.4 Å². The molecule has 0 aliphatic carbocycles. The summed E-state index contributed by atoms with van der Waals surface area (Å²) in [6, 6.07) is 5.29. The highest BCUT2D eigenvalue weighted by atomic mass is 35.5. The van der Waals surface area contributed by atoms with Crippen molar-refractivity contribution in [3.8, 4) is 0 Å².